The van der Waals surface area contributed by atoms with Crippen LogP contribution in [0.3, 0.4) is 0 Å². The third kappa shape index (κ3) is 10.7. The topological polar surface area (TPSA) is 92.1 Å². The Kier molecular flexibility index (Phi) is 16.9. The lowest BCUT2D eigenvalue weighted by molar-refractivity contribution is -0.665. The average Bonchev–Trinajstić information content (AvgIpc) is 3.67. The van der Waals surface area contributed by atoms with Crippen molar-refractivity contribution in [3.05, 3.63) is 64.3 Å². The Labute approximate surface area is 304 Å². The first kappa shape index (κ1) is 40.3. The summed E-state index contributed by atoms with van der Waals surface area (Å²) in [4.78, 5) is 3.65. The molecule has 2 heterocycles. The van der Waals surface area contributed by atoms with E-state index >= 15 is 0 Å². The third-order valence-corrected chi connectivity index (χ3v) is 13.1. The van der Waals surface area contributed by atoms with Crippen LogP contribution in [0.2, 0.25) is 0 Å². The Morgan fingerprint density at radius 1 is 0.878 bits per heavy atom. The lowest BCUT2D eigenvalue weighted by Gasteiger charge is -2.30. The number of hydrogen-bond donors (Lipinski definition) is 0. The summed E-state index contributed by atoms with van der Waals surface area (Å²) in [6, 6.07) is 20.5. The van der Waals surface area contributed by atoms with Gasteiger partial charge in [-0.1, -0.05) is 119 Å². The van der Waals surface area contributed by atoms with Gasteiger partial charge in [-0.05, 0) is 56.7 Å². The number of aryl methyl sites for hydroxylation is 1. The lowest BCUT2D eigenvalue weighted by atomic mass is 9.97. The van der Waals surface area contributed by atoms with Crippen molar-refractivity contribution in [1.29, 1.82) is 10.5 Å². The van der Waals surface area contributed by atoms with Gasteiger partial charge in [0.05, 0.1) is 23.9 Å². The number of thiazole rings is 1. The Morgan fingerprint density at radius 3 is 2.02 bits per heavy atom. The summed E-state index contributed by atoms with van der Waals surface area (Å²) in [6.07, 6.45) is 10.2. The minimum absolute atomic E-state index is 0.274. The van der Waals surface area contributed by atoms with E-state index in [1.54, 1.807) is 23.9 Å². The van der Waals surface area contributed by atoms with Gasteiger partial charge in [0.15, 0.2) is 0 Å². The van der Waals surface area contributed by atoms with Gasteiger partial charge in [0.1, 0.15) is 16.3 Å². The van der Waals surface area contributed by atoms with Crippen LogP contribution >= 0.6 is 23.1 Å². The van der Waals surface area contributed by atoms with Gasteiger partial charge in [-0.2, -0.15) is 19.4 Å². The molecule has 1 aliphatic heterocycles. The maximum atomic E-state index is 12.8. The van der Waals surface area contributed by atoms with Crippen LogP contribution in [0, 0.1) is 34.5 Å². The number of unbranched alkanes of at least 4 members (excludes halogenated alkanes) is 2. The number of para-hydroxylation sites is 2. The van der Waals surface area contributed by atoms with E-state index in [0.29, 0.717) is 13.1 Å². The van der Waals surface area contributed by atoms with Crippen LogP contribution in [0.1, 0.15) is 97.9 Å². The lowest BCUT2D eigenvalue weighted by Crippen LogP contribution is -2.43. The number of anilines is 1. The van der Waals surface area contributed by atoms with Gasteiger partial charge in [-0.15, -0.1) is 0 Å². The second-order valence-electron chi connectivity index (χ2n) is 12.4. The molecule has 1 aromatic heterocycles. The van der Waals surface area contributed by atoms with Crippen molar-refractivity contribution in [3.8, 4) is 12.1 Å². The fourth-order valence-corrected chi connectivity index (χ4v) is 9.68. The molecule has 1 aliphatic rings. The summed E-state index contributed by atoms with van der Waals surface area (Å²) in [6.45, 7) is 15.6. The Morgan fingerprint density at radius 2 is 1.47 bits per heavy atom. The highest BCUT2D eigenvalue weighted by atomic mass is 32.2. The van der Waals surface area contributed by atoms with Gasteiger partial charge in [0, 0.05) is 30.6 Å². The summed E-state index contributed by atoms with van der Waals surface area (Å²) < 4.78 is 30.8. The number of fused-ring (bicyclic) bond motifs is 2. The highest BCUT2D eigenvalue weighted by molar-refractivity contribution is 8.03. The smallest absolute Gasteiger partial charge is 0.270 e. The van der Waals surface area contributed by atoms with Gasteiger partial charge in [-0.25, -0.2) is 8.42 Å². The van der Waals surface area contributed by atoms with Gasteiger partial charge in [0.2, 0.25) is 20.8 Å². The predicted octanol–water partition coefficient (Wildman–Crippen LogP) is 9.76. The normalized spacial score (nSPS) is 13.8. The average molecular weight is 721 g/mol. The number of nitriles is 2. The van der Waals surface area contributed by atoms with Crippen molar-refractivity contribution in [2.24, 2.45) is 11.8 Å². The quantitative estimate of drug-likeness (QED) is 0.102. The molecular weight excluding hydrogens is 667 g/mol. The Balaban J connectivity index is 0.000000265. The van der Waals surface area contributed by atoms with E-state index in [1.807, 2.05) is 11.3 Å². The van der Waals surface area contributed by atoms with Crippen molar-refractivity contribution < 1.29 is 13.0 Å². The minimum atomic E-state index is -3.91. The largest absolute Gasteiger partial charge is 0.329 e. The molecule has 4 rings (SSSR count). The molecule has 264 valence electrons. The van der Waals surface area contributed by atoms with Crippen molar-refractivity contribution in [2.75, 3.05) is 24.5 Å². The molecule has 2 atom stereocenters. The highest BCUT2D eigenvalue weighted by Crippen LogP contribution is 2.45. The second-order valence-corrected chi connectivity index (χ2v) is 16.5. The van der Waals surface area contributed by atoms with Crippen LogP contribution < -0.4 is 9.47 Å². The first-order valence-electron chi connectivity index (χ1n) is 17.9. The molecule has 0 aliphatic carbocycles. The van der Waals surface area contributed by atoms with Crippen LogP contribution in [0.15, 0.2) is 64.2 Å². The molecule has 0 fully saturated rings. The highest BCUT2D eigenvalue weighted by Gasteiger charge is 2.34. The summed E-state index contributed by atoms with van der Waals surface area (Å²) >= 11 is 3.63. The summed E-state index contributed by atoms with van der Waals surface area (Å²) in [5, 5.41) is 19.0. The molecule has 3 aromatic rings. The van der Waals surface area contributed by atoms with Gasteiger partial charge in [0.25, 0.3) is 5.01 Å². The van der Waals surface area contributed by atoms with Gasteiger partial charge in [-0.3, -0.25) is 0 Å². The molecule has 0 radical (unpaired) electrons. The maximum absolute atomic E-state index is 12.8. The molecule has 49 heavy (non-hydrogen) atoms. The summed E-state index contributed by atoms with van der Waals surface area (Å²) in [7, 11) is -3.91. The fraction of sp³-hybridized carbons (Fsp3) is 0.538. The van der Waals surface area contributed by atoms with E-state index < -0.39 is 15.3 Å². The van der Waals surface area contributed by atoms with Gasteiger partial charge >= 0.3 is 0 Å². The van der Waals surface area contributed by atoms with E-state index in [1.165, 1.54) is 35.1 Å². The molecule has 10 heteroatoms. The molecule has 0 amide bonds. The van der Waals surface area contributed by atoms with Crippen molar-refractivity contribution >= 4 is 55.1 Å². The molecular formula is C39H54N5O2S3+. The second kappa shape index (κ2) is 20.5. The molecule has 0 N–H and O–H groups in total. The molecule has 0 bridgehead atoms. The van der Waals surface area contributed by atoms with Crippen LogP contribution in [0.5, 0.6) is 0 Å². The zero-order chi connectivity index (χ0) is 35.8. The number of benzene rings is 2. The molecule has 0 saturated heterocycles. The third-order valence-electron chi connectivity index (χ3n) is 9.10. The van der Waals surface area contributed by atoms with E-state index in [2.05, 4.69) is 111 Å². The van der Waals surface area contributed by atoms with E-state index in [0.717, 1.165) is 64.5 Å². The Bertz CT molecular complexity index is 1720. The molecule has 2 aromatic carbocycles. The SMILES string of the molecule is CCCCC(CC)CN(CC(CC)CCCC)S(=O)(=O)C(C#N)C#N.CCN1C(=C=Cc2sc3ccccc3[n+]2CC)Sc2ccccc21. The number of thioether (sulfide) groups is 1. The van der Waals surface area contributed by atoms with E-state index in [4.69, 9.17) is 10.5 Å². The van der Waals surface area contributed by atoms with Crippen molar-refractivity contribution in [1.82, 2.24) is 4.31 Å². The predicted molar refractivity (Wildman–Crippen MR) is 207 cm³/mol. The first-order valence-corrected chi connectivity index (χ1v) is 21.1. The number of nitrogens with zero attached hydrogens (tertiary/aromatic N) is 5. The van der Waals surface area contributed by atoms with Crippen molar-refractivity contribution in [3.63, 3.8) is 0 Å². The van der Waals surface area contributed by atoms with E-state index in [9.17, 15) is 8.42 Å². The monoisotopic (exact) mass is 720 g/mol. The summed E-state index contributed by atoms with van der Waals surface area (Å²) in [5.74, 6) is 0.549. The number of rotatable bonds is 17. The zero-order valence-corrected chi connectivity index (χ0v) is 32.6. The van der Waals surface area contributed by atoms with Crippen LogP contribution in [0.4, 0.5) is 5.69 Å². The molecule has 2 unspecified atom stereocenters. The first-order chi connectivity index (χ1) is 23.7. The van der Waals surface area contributed by atoms with Crippen molar-refractivity contribution in [2.45, 2.75) is 110 Å². The van der Waals surface area contributed by atoms with E-state index in [-0.39, 0.29) is 11.8 Å². The number of aromatic nitrogens is 1. The van der Waals surface area contributed by atoms with Crippen LogP contribution in [0.25, 0.3) is 16.3 Å². The van der Waals surface area contributed by atoms with Crippen LogP contribution in [-0.2, 0) is 16.6 Å². The zero-order valence-electron chi connectivity index (χ0n) is 30.2. The maximum Gasteiger partial charge on any atom is 0.270 e. The summed E-state index contributed by atoms with van der Waals surface area (Å²) in [5.41, 5.74) is 6.15. The van der Waals surface area contributed by atoms with Crippen LogP contribution in [-0.4, -0.2) is 37.6 Å². The number of hydrogen-bond acceptors (Lipinski definition) is 7. The standard InChI is InChI=1S/C20H19N2S2.C19H35N3O2S/c1-3-21-15-9-5-7-11-17(15)23-19(21)13-14-20-22(4-2)16-10-6-8-12-18(16)24-20;1-5-9-11-17(7-3)15-22(16-18(8-4)12-10-6-2)25(23,24)19(13-20)14-21/h5-13H,3-4H2,1-2H3;17-19H,5-12,15-16H2,1-4H3/q+1;. The fourth-order valence-electron chi connectivity index (χ4n) is 6.07. The molecule has 0 spiro atoms. The molecule has 0 saturated carbocycles. The number of sulfonamides is 1. The molecule has 7 nitrogen and oxygen atoms in total. The Hall–Kier alpha value is -3.11. The minimum Gasteiger partial charge on any atom is -0.329 e. The van der Waals surface area contributed by atoms with Gasteiger partial charge < -0.3 is 4.90 Å².